The zero-order valence-corrected chi connectivity index (χ0v) is 14.2. The Morgan fingerprint density at radius 2 is 1.72 bits per heavy atom. The van der Waals surface area contributed by atoms with Gasteiger partial charge in [-0.25, -0.2) is 4.79 Å². The lowest BCUT2D eigenvalue weighted by Gasteiger charge is -2.32. The van der Waals surface area contributed by atoms with Crippen molar-refractivity contribution < 1.29 is 19.5 Å². The fourth-order valence-corrected chi connectivity index (χ4v) is 3.31. The molecule has 0 spiro atoms. The first-order valence-electron chi connectivity index (χ1n) is 8.92. The van der Waals surface area contributed by atoms with Crippen molar-refractivity contribution in [3.8, 4) is 0 Å². The van der Waals surface area contributed by atoms with Gasteiger partial charge in [0, 0.05) is 24.6 Å². The van der Waals surface area contributed by atoms with Crippen molar-refractivity contribution >= 4 is 17.8 Å². The predicted molar refractivity (Wildman–Crippen MR) is 92.0 cm³/mol. The van der Waals surface area contributed by atoms with Crippen LogP contribution in [0.2, 0.25) is 0 Å². The standard InChI is InChI=1S/C19H24N2O4/c22-17(20-16(19(24)25)12-13-6-7-13)14-8-10-21(11-9-14)18(23)15-4-2-1-3-5-15/h1-5,13-14,16H,6-12H2,(H,20,22)(H,24,25). The molecule has 1 aromatic carbocycles. The first kappa shape index (κ1) is 17.5. The molecular weight excluding hydrogens is 320 g/mol. The van der Waals surface area contributed by atoms with Crippen LogP contribution in [0.25, 0.3) is 0 Å². The van der Waals surface area contributed by atoms with Gasteiger partial charge in [-0.3, -0.25) is 9.59 Å². The maximum atomic E-state index is 12.4. The fourth-order valence-electron chi connectivity index (χ4n) is 3.31. The molecule has 1 aromatic rings. The summed E-state index contributed by atoms with van der Waals surface area (Å²) in [5, 5.41) is 12.0. The molecule has 1 saturated heterocycles. The quantitative estimate of drug-likeness (QED) is 0.825. The third kappa shape index (κ3) is 4.59. The molecule has 0 radical (unpaired) electrons. The lowest BCUT2D eigenvalue weighted by Crippen LogP contribution is -2.47. The van der Waals surface area contributed by atoms with Gasteiger partial charge in [-0.1, -0.05) is 31.0 Å². The second kappa shape index (κ2) is 7.68. The van der Waals surface area contributed by atoms with Crippen LogP contribution in [-0.2, 0) is 9.59 Å². The third-order valence-corrected chi connectivity index (χ3v) is 5.05. The summed E-state index contributed by atoms with van der Waals surface area (Å²) in [5.74, 6) is -0.957. The fraction of sp³-hybridized carbons (Fsp3) is 0.526. The first-order chi connectivity index (χ1) is 12.0. The molecule has 1 heterocycles. The van der Waals surface area contributed by atoms with E-state index in [0.29, 0.717) is 43.8 Å². The van der Waals surface area contributed by atoms with Crippen LogP contribution in [0.3, 0.4) is 0 Å². The van der Waals surface area contributed by atoms with Gasteiger partial charge in [-0.15, -0.1) is 0 Å². The minimum atomic E-state index is -0.961. The van der Waals surface area contributed by atoms with E-state index >= 15 is 0 Å². The van der Waals surface area contributed by atoms with E-state index in [9.17, 15) is 19.5 Å². The molecule has 1 aliphatic carbocycles. The normalized spacial score (nSPS) is 19.3. The number of amides is 2. The Morgan fingerprint density at radius 3 is 2.28 bits per heavy atom. The van der Waals surface area contributed by atoms with Gasteiger partial charge in [0.1, 0.15) is 6.04 Å². The molecule has 1 saturated carbocycles. The number of nitrogens with zero attached hydrogens (tertiary/aromatic N) is 1. The highest BCUT2D eigenvalue weighted by atomic mass is 16.4. The summed E-state index contributed by atoms with van der Waals surface area (Å²) in [6.45, 7) is 1.04. The van der Waals surface area contributed by atoms with E-state index in [4.69, 9.17) is 0 Å². The van der Waals surface area contributed by atoms with Crippen LogP contribution < -0.4 is 5.32 Å². The van der Waals surface area contributed by atoms with E-state index in [0.717, 1.165) is 12.8 Å². The first-order valence-corrected chi connectivity index (χ1v) is 8.92. The van der Waals surface area contributed by atoms with Gasteiger partial charge < -0.3 is 15.3 Å². The smallest absolute Gasteiger partial charge is 0.326 e. The number of aliphatic carboxylic acids is 1. The number of hydrogen-bond acceptors (Lipinski definition) is 3. The molecule has 134 valence electrons. The topological polar surface area (TPSA) is 86.7 Å². The van der Waals surface area contributed by atoms with Crippen LogP contribution in [0.1, 0.15) is 42.5 Å². The minimum Gasteiger partial charge on any atom is -0.480 e. The summed E-state index contributed by atoms with van der Waals surface area (Å²) >= 11 is 0. The molecule has 0 bridgehead atoms. The number of carboxylic acids is 1. The highest BCUT2D eigenvalue weighted by Crippen LogP contribution is 2.33. The van der Waals surface area contributed by atoms with Crippen molar-refractivity contribution in [1.29, 1.82) is 0 Å². The average molecular weight is 344 g/mol. The van der Waals surface area contributed by atoms with Crippen molar-refractivity contribution in [2.45, 2.75) is 38.1 Å². The summed E-state index contributed by atoms with van der Waals surface area (Å²) in [4.78, 5) is 37.9. The molecule has 0 aromatic heterocycles. The number of benzene rings is 1. The van der Waals surface area contributed by atoms with Crippen molar-refractivity contribution in [2.75, 3.05) is 13.1 Å². The highest BCUT2D eigenvalue weighted by Gasteiger charge is 2.33. The summed E-state index contributed by atoms with van der Waals surface area (Å²) < 4.78 is 0. The van der Waals surface area contributed by atoms with E-state index in [-0.39, 0.29) is 17.7 Å². The van der Waals surface area contributed by atoms with Gasteiger partial charge in [0.05, 0.1) is 0 Å². The lowest BCUT2D eigenvalue weighted by atomic mass is 9.94. The summed E-state index contributed by atoms with van der Waals surface area (Å²) in [7, 11) is 0. The summed E-state index contributed by atoms with van der Waals surface area (Å²) in [5.41, 5.74) is 0.653. The zero-order valence-electron chi connectivity index (χ0n) is 14.2. The molecule has 25 heavy (non-hydrogen) atoms. The molecule has 6 heteroatoms. The minimum absolute atomic E-state index is 0.0170. The molecule has 2 N–H and O–H groups in total. The van der Waals surface area contributed by atoms with E-state index < -0.39 is 12.0 Å². The number of likely N-dealkylation sites (tertiary alicyclic amines) is 1. The van der Waals surface area contributed by atoms with Crippen LogP contribution in [-0.4, -0.2) is 46.9 Å². The van der Waals surface area contributed by atoms with Crippen molar-refractivity contribution in [3.63, 3.8) is 0 Å². The Hall–Kier alpha value is -2.37. The van der Waals surface area contributed by atoms with Crippen LogP contribution in [0.5, 0.6) is 0 Å². The molecule has 1 atom stereocenters. The van der Waals surface area contributed by atoms with E-state index in [2.05, 4.69) is 5.32 Å². The SMILES string of the molecule is O=C(NC(CC1CC1)C(=O)O)C1CCN(C(=O)c2ccccc2)CC1. The van der Waals surface area contributed by atoms with E-state index in [1.54, 1.807) is 17.0 Å². The van der Waals surface area contributed by atoms with Crippen LogP contribution in [0, 0.1) is 11.8 Å². The van der Waals surface area contributed by atoms with Crippen LogP contribution in [0.15, 0.2) is 30.3 Å². The average Bonchev–Trinajstić information content (AvgIpc) is 3.45. The zero-order chi connectivity index (χ0) is 17.8. The van der Waals surface area contributed by atoms with Gasteiger partial charge in [-0.2, -0.15) is 0 Å². The molecule has 1 aliphatic heterocycles. The molecule has 2 aliphatic rings. The number of nitrogens with one attached hydrogen (secondary N) is 1. The Bertz CT molecular complexity index is 634. The van der Waals surface area contributed by atoms with Gasteiger partial charge in [0.25, 0.3) is 5.91 Å². The van der Waals surface area contributed by atoms with Gasteiger partial charge in [0.2, 0.25) is 5.91 Å². The van der Waals surface area contributed by atoms with Crippen molar-refractivity contribution in [1.82, 2.24) is 10.2 Å². The van der Waals surface area contributed by atoms with Gasteiger partial charge >= 0.3 is 5.97 Å². The molecule has 2 fully saturated rings. The lowest BCUT2D eigenvalue weighted by molar-refractivity contribution is -0.143. The summed E-state index contributed by atoms with van der Waals surface area (Å²) in [6.07, 6.45) is 3.77. The maximum Gasteiger partial charge on any atom is 0.326 e. The second-order valence-corrected chi connectivity index (χ2v) is 7.01. The van der Waals surface area contributed by atoms with Crippen LogP contribution >= 0.6 is 0 Å². The molecular formula is C19H24N2O4. The Labute approximate surface area is 147 Å². The Morgan fingerprint density at radius 1 is 1.08 bits per heavy atom. The number of rotatable bonds is 6. The van der Waals surface area contributed by atoms with E-state index in [1.165, 1.54) is 0 Å². The van der Waals surface area contributed by atoms with Crippen LogP contribution in [0.4, 0.5) is 0 Å². The monoisotopic (exact) mass is 344 g/mol. The second-order valence-electron chi connectivity index (χ2n) is 7.01. The molecule has 6 nitrogen and oxygen atoms in total. The number of carbonyl (C=O) groups excluding carboxylic acids is 2. The third-order valence-electron chi connectivity index (χ3n) is 5.05. The number of carboxylic acid groups (broad SMARTS) is 1. The summed E-state index contributed by atoms with van der Waals surface area (Å²) in [6, 6.07) is 8.32. The number of hydrogen-bond donors (Lipinski definition) is 2. The number of piperidine rings is 1. The highest BCUT2D eigenvalue weighted by molar-refractivity contribution is 5.94. The van der Waals surface area contributed by atoms with Crippen molar-refractivity contribution in [2.24, 2.45) is 11.8 Å². The molecule has 3 rings (SSSR count). The van der Waals surface area contributed by atoms with Gasteiger partial charge in [0.15, 0.2) is 0 Å². The molecule has 1 unspecified atom stereocenters. The molecule has 2 amide bonds. The van der Waals surface area contributed by atoms with E-state index in [1.807, 2.05) is 18.2 Å². The largest absolute Gasteiger partial charge is 0.480 e. The number of carbonyl (C=O) groups is 3. The van der Waals surface area contributed by atoms with Crippen molar-refractivity contribution in [3.05, 3.63) is 35.9 Å². The van der Waals surface area contributed by atoms with Gasteiger partial charge in [-0.05, 0) is 37.3 Å². The Kier molecular flexibility index (Phi) is 5.36. The predicted octanol–water partition coefficient (Wildman–Crippen LogP) is 1.91. The maximum absolute atomic E-state index is 12.4. The Balaban J connectivity index is 1.50.